The van der Waals surface area contributed by atoms with Crippen LogP contribution in [0.4, 0.5) is 0 Å². The van der Waals surface area contributed by atoms with Gasteiger partial charge in [-0.1, -0.05) is 6.92 Å². The van der Waals surface area contributed by atoms with Crippen molar-refractivity contribution in [1.82, 2.24) is 5.32 Å². The summed E-state index contributed by atoms with van der Waals surface area (Å²) in [6, 6.07) is 0. The molecule has 0 saturated heterocycles. The smallest absolute Gasteiger partial charge is 0.147 e. The number of terminal acetylenes is 1. The quantitative estimate of drug-likeness (QED) is 0.455. The maximum absolute atomic E-state index is 10.9. The predicted octanol–water partition coefficient (Wildman–Crippen LogP) is 0.968. The van der Waals surface area contributed by atoms with Crippen molar-refractivity contribution in [3.63, 3.8) is 0 Å². The first-order chi connectivity index (χ1) is 5.31. The molecule has 0 aromatic carbocycles. The average molecular weight is 153 g/mol. The van der Waals surface area contributed by atoms with Gasteiger partial charge in [-0.3, -0.25) is 4.79 Å². The van der Waals surface area contributed by atoms with Gasteiger partial charge in [-0.25, -0.2) is 0 Å². The molecule has 0 amide bonds. The summed E-state index contributed by atoms with van der Waals surface area (Å²) in [5.74, 6) is 2.65. The van der Waals surface area contributed by atoms with E-state index in [4.69, 9.17) is 6.42 Å². The van der Waals surface area contributed by atoms with Gasteiger partial charge in [-0.2, -0.15) is 0 Å². The van der Waals surface area contributed by atoms with E-state index in [2.05, 4.69) is 18.2 Å². The van der Waals surface area contributed by atoms with Gasteiger partial charge in [0.2, 0.25) is 0 Å². The predicted molar refractivity (Wildman–Crippen MR) is 46.2 cm³/mol. The standard InChI is InChI=1S/C9H15NO/c1-3-5-6-9(11)8-10-7-4-2/h1,10H,4-8H2,2H3. The van der Waals surface area contributed by atoms with E-state index >= 15 is 0 Å². The molecular formula is C9H15NO. The van der Waals surface area contributed by atoms with Gasteiger partial charge in [0, 0.05) is 12.8 Å². The molecule has 2 heteroatoms. The van der Waals surface area contributed by atoms with Crippen molar-refractivity contribution in [1.29, 1.82) is 0 Å². The normalized spacial score (nSPS) is 9.09. The van der Waals surface area contributed by atoms with E-state index in [0.717, 1.165) is 13.0 Å². The molecule has 0 spiro atoms. The van der Waals surface area contributed by atoms with Crippen molar-refractivity contribution in [2.75, 3.05) is 13.1 Å². The van der Waals surface area contributed by atoms with Crippen molar-refractivity contribution in [2.24, 2.45) is 0 Å². The number of carbonyl (C=O) groups is 1. The third-order valence-corrected chi connectivity index (χ3v) is 1.30. The summed E-state index contributed by atoms with van der Waals surface area (Å²) in [5.41, 5.74) is 0. The molecule has 0 rings (SSSR count). The Kier molecular flexibility index (Phi) is 6.76. The van der Waals surface area contributed by atoms with Crippen LogP contribution in [0.5, 0.6) is 0 Å². The number of carbonyl (C=O) groups excluding carboxylic acids is 1. The number of rotatable bonds is 6. The molecular weight excluding hydrogens is 138 g/mol. The van der Waals surface area contributed by atoms with E-state index < -0.39 is 0 Å². The van der Waals surface area contributed by atoms with Crippen molar-refractivity contribution in [2.45, 2.75) is 26.2 Å². The summed E-state index contributed by atoms with van der Waals surface area (Å²) in [6.07, 6.45) is 7.14. The first-order valence-corrected chi connectivity index (χ1v) is 3.97. The lowest BCUT2D eigenvalue weighted by atomic mass is 10.2. The topological polar surface area (TPSA) is 29.1 Å². The third kappa shape index (κ3) is 7.08. The highest BCUT2D eigenvalue weighted by Gasteiger charge is 1.97. The summed E-state index contributed by atoms with van der Waals surface area (Å²) in [5, 5.41) is 3.03. The largest absolute Gasteiger partial charge is 0.310 e. The van der Waals surface area contributed by atoms with E-state index in [-0.39, 0.29) is 5.78 Å². The highest BCUT2D eigenvalue weighted by molar-refractivity contribution is 5.80. The van der Waals surface area contributed by atoms with Crippen molar-refractivity contribution >= 4 is 5.78 Å². The maximum Gasteiger partial charge on any atom is 0.147 e. The van der Waals surface area contributed by atoms with Crippen LogP contribution >= 0.6 is 0 Å². The average Bonchev–Trinajstić information content (AvgIpc) is 2.01. The zero-order valence-corrected chi connectivity index (χ0v) is 7.02. The van der Waals surface area contributed by atoms with Gasteiger partial charge in [0.1, 0.15) is 5.78 Å². The summed E-state index contributed by atoms with van der Waals surface area (Å²) < 4.78 is 0. The Labute approximate surface area is 68.4 Å². The van der Waals surface area contributed by atoms with Gasteiger partial charge >= 0.3 is 0 Å². The molecule has 11 heavy (non-hydrogen) atoms. The van der Waals surface area contributed by atoms with Crippen molar-refractivity contribution in [3.8, 4) is 12.3 Å². The fourth-order valence-corrected chi connectivity index (χ4v) is 0.705. The molecule has 0 saturated carbocycles. The third-order valence-electron chi connectivity index (χ3n) is 1.30. The summed E-state index contributed by atoms with van der Waals surface area (Å²) in [7, 11) is 0. The molecule has 0 heterocycles. The summed E-state index contributed by atoms with van der Waals surface area (Å²) >= 11 is 0. The molecule has 0 bridgehead atoms. The molecule has 0 aliphatic heterocycles. The fraction of sp³-hybridized carbons (Fsp3) is 0.667. The van der Waals surface area contributed by atoms with E-state index in [0.29, 0.717) is 19.4 Å². The molecule has 0 aromatic rings. The lowest BCUT2D eigenvalue weighted by molar-refractivity contribution is -0.118. The summed E-state index contributed by atoms with van der Waals surface area (Å²) in [4.78, 5) is 10.9. The van der Waals surface area contributed by atoms with Crippen LogP contribution in [0.1, 0.15) is 26.2 Å². The minimum Gasteiger partial charge on any atom is -0.310 e. The van der Waals surface area contributed by atoms with Crippen LogP contribution in [0.3, 0.4) is 0 Å². The number of Topliss-reactive ketones (excluding diaryl/α,β-unsaturated/α-hetero) is 1. The Hall–Kier alpha value is -0.810. The SMILES string of the molecule is C#CCCC(=O)CNCCC. The van der Waals surface area contributed by atoms with Crippen LogP contribution in [0.15, 0.2) is 0 Å². The Morgan fingerprint density at radius 3 is 2.91 bits per heavy atom. The van der Waals surface area contributed by atoms with Gasteiger partial charge in [-0.15, -0.1) is 12.3 Å². The van der Waals surface area contributed by atoms with Crippen LogP contribution < -0.4 is 5.32 Å². The second-order valence-electron chi connectivity index (χ2n) is 2.42. The molecule has 0 aliphatic carbocycles. The molecule has 0 unspecified atom stereocenters. The van der Waals surface area contributed by atoms with E-state index in [1.165, 1.54) is 0 Å². The minimum absolute atomic E-state index is 0.205. The maximum atomic E-state index is 10.9. The Morgan fingerprint density at radius 1 is 1.64 bits per heavy atom. The fourth-order valence-electron chi connectivity index (χ4n) is 0.705. The van der Waals surface area contributed by atoms with Crippen LogP contribution in [0.2, 0.25) is 0 Å². The zero-order valence-electron chi connectivity index (χ0n) is 7.02. The van der Waals surface area contributed by atoms with Crippen molar-refractivity contribution in [3.05, 3.63) is 0 Å². The number of hydrogen-bond donors (Lipinski definition) is 1. The molecule has 62 valence electrons. The Morgan fingerprint density at radius 2 is 2.36 bits per heavy atom. The molecule has 0 aromatic heterocycles. The number of nitrogens with one attached hydrogen (secondary N) is 1. The lowest BCUT2D eigenvalue weighted by Gasteiger charge is -1.99. The van der Waals surface area contributed by atoms with E-state index in [9.17, 15) is 4.79 Å². The van der Waals surface area contributed by atoms with Crippen LogP contribution in [-0.4, -0.2) is 18.9 Å². The minimum atomic E-state index is 0.205. The van der Waals surface area contributed by atoms with E-state index in [1.54, 1.807) is 0 Å². The highest BCUT2D eigenvalue weighted by Crippen LogP contribution is 1.86. The summed E-state index contributed by atoms with van der Waals surface area (Å²) in [6.45, 7) is 3.44. The van der Waals surface area contributed by atoms with Crippen LogP contribution in [0.25, 0.3) is 0 Å². The Bertz CT molecular complexity index is 146. The second-order valence-corrected chi connectivity index (χ2v) is 2.42. The van der Waals surface area contributed by atoms with Gasteiger partial charge < -0.3 is 5.32 Å². The lowest BCUT2D eigenvalue weighted by Crippen LogP contribution is -2.23. The van der Waals surface area contributed by atoms with E-state index in [1.807, 2.05) is 0 Å². The Balaban J connectivity index is 3.17. The second kappa shape index (κ2) is 7.30. The molecule has 0 aliphatic rings. The highest BCUT2D eigenvalue weighted by atomic mass is 16.1. The first-order valence-electron chi connectivity index (χ1n) is 3.97. The van der Waals surface area contributed by atoms with Gasteiger partial charge in [0.15, 0.2) is 0 Å². The van der Waals surface area contributed by atoms with Crippen LogP contribution in [-0.2, 0) is 4.79 Å². The van der Waals surface area contributed by atoms with Gasteiger partial charge in [0.05, 0.1) is 6.54 Å². The first kappa shape index (κ1) is 10.2. The monoisotopic (exact) mass is 153 g/mol. The van der Waals surface area contributed by atoms with Crippen molar-refractivity contribution < 1.29 is 4.79 Å². The van der Waals surface area contributed by atoms with Gasteiger partial charge in [-0.05, 0) is 13.0 Å². The molecule has 1 N–H and O–H groups in total. The molecule has 0 fully saturated rings. The molecule has 2 nitrogen and oxygen atoms in total. The molecule has 0 atom stereocenters. The van der Waals surface area contributed by atoms with Crippen LogP contribution in [0, 0.1) is 12.3 Å². The molecule has 0 radical (unpaired) electrons. The zero-order chi connectivity index (χ0) is 8.53. The number of hydrogen-bond acceptors (Lipinski definition) is 2. The number of ketones is 1. The van der Waals surface area contributed by atoms with Gasteiger partial charge in [0.25, 0.3) is 0 Å².